The number of nitrogens with zero attached hydrogens (tertiary/aromatic N) is 2. The Morgan fingerprint density at radius 1 is 1.00 bits per heavy atom. The molecule has 2 N–H and O–H groups in total. The van der Waals surface area contributed by atoms with Gasteiger partial charge >= 0.3 is 12.0 Å². The highest BCUT2D eigenvalue weighted by molar-refractivity contribution is 5.82. The second-order valence-electron chi connectivity index (χ2n) is 5.79. The lowest BCUT2D eigenvalue weighted by atomic mass is 9.98. The van der Waals surface area contributed by atoms with Crippen LogP contribution < -0.4 is 0 Å². The molecule has 2 amide bonds. The van der Waals surface area contributed by atoms with Crippen LogP contribution in [-0.4, -0.2) is 64.3 Å². The molecule has 2 fully saturated rings. The van der Waals surface area contributed by atoms with Crippen LogP contribution >= 0.6 is 0 Å². The van der Waals surface area contributed by atoms with E-state index in [0.29, 0.717) is 26.1 Å². The maximum Gasteiger partial charge on any atom is 0.326 e. The van der Waals surface area contributed by atoms with E-state index in [2.05, 4.69) is 0 Å². The first-order valence-electron chi connectivity index (χ1n) is 7.52. The molecule has 1 unspecified atom stereocenters. The Balaban J connectivity index is 2.00. The standard InChI is InChI=1S/C14H24N2O4/c17-10-11-5-8-15(9-6-11)14(20)16-7-3-1-2-4-12(16)13(18)19/h11-12,17H,1-10H2,(H,18,19). The van der Waals surface area contributed by atoms with Crippen LogP contribution in [0.3, 0.4) is 0 Å². The van der Waals surface area contributed by atoms with Crippen molar-refractivity contribution in [1.29, 1.82) is 0 Å². The fourth-order valence-electron chi connectivity index (χ4n) is 3.08. The van der Waals surface area contributed by atoms with E-state index in [1.54, 1.807) is 4.90 Å². The highest BCUT2D eigenvalue weighted by Gasteiger charge is 2.34. The van der Waals surface area contributed by atoms with E-state index in [1.165, 1.54) is 4.90 Å². The van der Waals surface area contributed by atoms with E-state index in [9.17, 15) is 14.7 Å². The average molecular weight is 284 g/mol. The van der Waals surface area contributed by atoms with Crippen LogP contribution in [0.2, 0.25) is 0 Å². The predicted octanol–water partition coefficient (Wildman–Crippen LogP) is 1.14. The summed E-state index contributed by atoms with van der Waals surface area (Å²) in [5, 5.41) is 18.4. The van der Waals surface area contributed by atoms with Gasteiger partial charge in [0.15, 0.2) is 0 Å². The van der Waals surface area contributed by atoms with Gasteiger partial charge in [-0.25, -0.2) is 9.59 Å². The number of urea groups is 1. The molecular weight excluding hydrogens is 260 g/mol. The molecule has 6 nitrogen and oxygen atoms in total. The lowest BCUT2D eigenvalue weighted by Gasteiger charge is -2.37. The number of aliphatic hydroxyl groups is 1. The molecule has 2 aliphatic heterocycles. The van der Waals surface area contributed by atoms with Gasteiger partial charge < -0.3 is 20.0 Å². The average Bonchev–Trinajstić information content (AvgIpc) is 2.72. The van der Waals surface area contributed by atoms with Crippen LogP contribution in [0, 0.1) is 5.92 Å². The second kappa shape index (κ2) is 6.92. The summed E-state index contributed by atoms with van der Waals surface area (Å²) in [5.41, 5.74) is 0. The van der Waals surface area contributed by atoms with Gasteiger partial charge in [0, 0.05) is 26.2 Å². The fourth-order valence-corrected chi connectivity index (χ4v) is 3.08. The highest BCUT2D eigenvalue weighted by atomic mass is 16.4. The van der Waals surface area contributed by atoms with Gasteiger partial charge in [-0.1, -0.05) is 12.8 Å². The lowest BCUT2D eigenvalue weighted by molar-refractivity contribution is -0.142. The van der Waals surface area contributed by atoms with Crippen LogP contribution in [0.5, 0.6) is 0 Å². The van der Waals surface area contributed by atoms with Crippen molar-refractivity contribution in [3.63, 3.8) is 0 Å². The molecule has 0 aliphatic carbocycles. The Bertz CT molecular complexity index is 353. The van der Waals surface area contributed by atoms with E-state index in [0.717, 1.165) is 32.1 Å². The molecule has 20 heavy (non-hydrogen) atoms. The Hall–Kier alpha value is -1.30. The molecule has 0 aromatic rings. The van der Waals surface area contributed by atoms with Crippen molar-refractivity contribution in [1.82, 2.24) is 9.80 Å². The normalized spacial score (nSPS) is 25.4. The largest absolute Gasteiger partial charge is 0.480 e. The Morgan fingerprint density at radius 3 is 2.30 bits per heavy atom. The molecule has 0 saturated carbocycles. The predicted molar refractivity (Wildman–Crippen MR) is 73.4 cm³/mol. The summed E-state index contributed by atoms with van der Waals surface area (Å²) in [7, 11) is 0. The Morgan fingerprint density at radius 2 is 1.70 bits per heavy atom. The van der Waals surface area contributed by atoms with E-state index >= 15 is 0 Å². The van der Waals surface area contributed by atoms with Crippen LogP contribution in [-0.2, 0) is 4.79 Å². The first kappa shape index (κ1) is 15.1. The zero-order valence-electron chi connectivity index (χ0n) is 11.8. The van der Waals surface area contributed by atoms with Crippen LogP contribution in [0.4, 0.5) is 4.79 Å². The highest BCUT2D eigenvalue weighted by Crippen LogP contribution is 2.22. The molecule has 2 saturated heterocycles. The number of amides is 2. The number of rotatable bonds is 2. The van der Waals surface area contributed by atoms with E-state index in [4.69, 9.17) is 5.11 Å². The summed E-state index contributed by atoms with van der Waals surface area (Å²) in [6.07, 6.45) is 4.88. The van der Waals surface area contributed by atoms with Crippen molar-refractivity contribution >= 4 is 12.0 Å². The number of hydrogen-bond donors (Lipinski definition) is 2. The van der Waals surface area contributed by atoms with Crippen LogP contribution in [0.15, 0.2) is 0 Å². The van der Waals surface area contributed by atoms with E-state index in [1.807, 2.05) is 0 Å². The van der Waals surface area contributed by atoms with Gasteiger partial charge in [0.25, 0.3) is 0 Å². The maximum atomic E-state index is 12.5. The number of hydrogen-bond acceptors (Lipinski definition) is 3. The third-order valence-corrected chi connectivity index (χ3v) is 4.43. The van der Waals surface area contributed by atoms with Gasteiger partial charge in [-0.3, -0.25) is 0 Å². The van der Waals surface area contributed by atoms with Crippen molar-refractivity contribution in [2.75, 3.05) is 26.2 Å². The summed E-state index contributed by atoms with van der Waals surface area (Å²) >= 11 is 0. The van der Waals surface area contributed by atoms with Crippen molar-refractivity contribution < 1.29 is 19.8 Å². The number of carbonyl (C=O) groups is 2. The van der Waals surface area contributed by atoms with Crippen molar-refractivity contribution in [3.05, 3.63) is 0 Å². The van der Waals surface area contributed by atoms with Gasteiger partial charge in [0.1, 0.15) is 6.04 Å². The minimum Gasteiger partial charge on any atom is -0.480 e. The smallest absolute Gasteiger partial charge is 0.326 e. The lowest BCUT2D eigenvalue weighted by Crippen LogP contribution is -2.52. The molecule has 2 rings (SSSR count). The second-order valence-corrected chi connectivity index (χ2v) is 5.79. The molecule has 0 spiro atoms. The van der Waals surface area contributed by atoms with Crippen LogP contribution in [0.1, 0.15) is 38.5 Å². The van der Waals surface area contributed by atoms with Gasteiger partial charge in [-0.2, -0.15) is 0 Å². The SMILES string of the molecule is O=C(O)C1CCCCCN1C(=O)N1CCC(CO)CC1. The van der Waals surface area contributed by atoms with E-state index < -0.39 is 12.0 Å². The molecule has 0 aromatic carbocycles. The fraction of sp³-hybridized carbons (Fsp3) is 0.857. The molecule has 2 heterocycles. The molecule has 2 aliphatic rings. The molecular formula is C14H24N2O4. The first-order valence-corrected chi connectivity index (χ1v) is 7.52. The summed E-state index contributed by atoms with van der Waals surface area (Å²) < 4.78 is 0. The third-order valence-electron chi connectivity index (χ3n) is 4.43. The summed E-state index contributed by atoms with van der Waals surface area (Å²) in [5.74, 6) is -0.621. The van der Waals surface area contributed by atoms with E-state index in [-0.39, 0.29) is 18.6 Å². The monoisotopic (exact) mass is 284 g/mol. The van der Waals surface area contributed by atoms with Crippen molar-refractivity contribution in [2.45, 2.75) is 44.6 Å². The molecule has 1 atom stereocenters. The van der Waals surface area contributed by atoms with Gasteiger partial charge in [0.05, 0.1) is 0 Å². The minimum absolute atomic E-state index is 0.143. The number of carboxylic acid groups (broad SMARTS) is 1. The molecule has 0 radical (unpaired) electrons. The number of aliphatic hydroxyl groups excluding tert-OH is 1. The first-order chi connectivity index (χ1) is 9.63. The molecule has 6 heteroatoms. The third kappa shape index (κ3) is 3.42. The van der Waals surface area contributed by atoms with Gasteiger partial charge in [-0.15, -0.1) is 0 Å². The Labute approximate surface area is 119 Å². The topological polar surface area (TPSA) is 81.1 Å². The molecule has 0 aromatic heterocycles. The zero-order valence-corrected chi connectivity index (χ0v) is 11.8. The summed E-state index contributed by atoms with van der Waals surface area (Å²) in [6.45, 7) is 1.94. The minimum atomic E-state index is -0.898. The number of carboxylic acids is 1. The maximum absolute atomic E-state index is 12.5. The number of aliphatic carboxylic acids is 1. The summed E-state index contributed by atoms with van der Waals surface area (Å²) in [6, 6.07) is -0.823. The van der Waals surface area contributed by atoms with Gasteiger partial charge in [-0.05, 0) is 31.6 Å². The zero-order chi connectivity index (χ0) is 14.5. The van der Waals surface area contributed by atoms with Crippen LogP contribution in [0.25, 0.3) is 0 Å². The van der Waals surface area contributed by atoms with Crippen molar-refractivity contribution in [2.24, 2.45) is 5.92 Å². The molecule has 0 bridgehead atoms. The van der Waals surface area contributed by atoms with Gasteiger partial charge in [0.2, 0.25) is 0 Å². The Kier molecular flexibility index (Phi) is 5.23. The number of carbonyl (C=O) groups excluding carboxylic acids is 1. The number of piperidine rings is 1. The van der Waals surface area contributed by atoms with Crippen molar-refractivity contribution in [3.8, 4) is 0 Å². The quantitative estimate of drug-likeness (QED) is 0.797. The summed E-state index contributed by atoms with van der Waals surface area (Å²) in [4.78, 5) is 27.2. The number of likely N-dealkylation sites (tertiary alicyclic amines) is 2. The molecule has 114 valence electrons.